The molecule has 0 saturated heterocycles. The van der Waals surface area contributed by atoms with Crippen molar-refractivity contribution in [1.82, 2.24) is 0 Å². The smallest absolute Gasteiger partial charge is 0.141 e. The zero-order chi connectivity index (χ0) is 12.4. The molecule has 1 nitrogen and oxygen atoms in total. The third-order valence-corrected chi connectivity index (χ3v) is 4.02. The molecule has 0 heterocycles. The molecule has 1 N–H and O–H groups in total. The fraction of sp³-hybridized carbons (Fsp3) is 0.571. The van der Waals surface area contributed by atoms with E-state index in [4.69, 9.17) is 11.6 Å². The monoisotopic (exact) mass is 255 g/mol. The van der Waals surface area contributed by atoms with Crippen molar-refractivity contribution in [2.75, 3.05) is 5.32 Å². The Hall–Kier alpha value is -0.760. The first-order valence-corrected chi connectivity index (χ1v) is 6.65. The summed E-state index contributed by atoms with van der Waals surface area (Å²) >= 11 is 5.78. The summed E-state index contributed by atoms with van der Waals surface area (Å²) in [6.07, 6.45) is 3.74. The van der Waals surface area contributed by atoms with Crippen molar-refractivity contribution in [3.05, 3.63) is 29.0 Å². The van der Waals surface area contributed by atoms with E-state index in [0.717, 1.165) is 11.6 Å². The lowest BCUT2D eigenvalue weighted by Gasteiger charge is -2.34. The van der Waals surface area contributed by atoms with Crippen molar-refractivity contribution in [1.29, 1.82) is 0 Å². The van der Waals surface area contributed by atoms with Crippen LogP contribution in [0.3, 0.4) is 0 Å². The highest BCUT2D eigenvalue weighted by Gasteiger charge is 2.25. The van der Waals surface area contributed by atoms with Crippen LogP contribution in [0.2, 0.25) is 5.02 Å². The number of rotatable bonds is 2. The van der Waals surface area contributed by atoms with E-state index in [-0.39, 0.29) is 10.8 Å². The summed E-state index contributed by atoms with van der Waals surface area (Å²) in [5, 5.41) is 3.66. The Labute approximate surface area is 107 Å². The largest absolute Gasteiger partial charge is 0.382 e. The Balaban J connectivity index is 2.06. The molecule has 1 aliphatic carbocycles. The highest BCUT2D eigenvalue weighted by Crippen LogP contribution is 2.31. The molecular weight excluding hydrogens is 237 g/mol. The number of benzene rings is 1. The minimum atomic E-state index is -0.359. The number of hydrogen-bond donors (Lipinski definition) is 1. The van der Waals surface area contributed by atoms with Gasteiger partial charge in [-0.25, -0.2) is 4.39 Å². The molecule has 1 saturated carbocycles. The summed E-state index contributed by atoms with van der Waals surface area (Å²) in [7, 11) is 0. The zero-order valence-corrected chi connectivity index (χ0v) is 11.1. The lowest BCUT2D eigenvalue weighted by atomic mass is 9.80. The molecule has 3 heteroatoms. The van der Waals surface area contributed by atoms with Gasteiger partial charge in [0.05, 0.1) is 5.02 Å². The average Bonchev–Trinajstić information content (AvgIpc) is 2.29. The second kappa shape index (κ2) is 5.26. The van der Waals surface area contributed by atoms with Gasteiger partial charge in [-0.1, -0.05) is 31.9 Å². The Morgan fingerprint density at radius 3 is 2.76 bits per heavy atom. The lowest BCUT2D eigenvalue weighted by molar-refractivity contribution is 0.280. The van der Waals surface area contributed by atoms with E-state index in [1.165, 1.54) is 25.3 Å². The maximum Gasteiger partial charge on any atom is 0.141 e. The summed E-state index contributed by atoms with van der Waals surface area (Å²) in [6.45, 7) is 4.56. The maximum absolute atomic E-state index is 13.1. The predicted molar refractivity (Wildman–Crippen MR) is 71.0 cm³/mol. The number of halogens is 2. The minimum Gasteiger partial charge on any atom is -0.382 e. The molecule has 3 atom stereocenters. The highest BCUT2D eigenvalue weighted by molar-refractivity contribution is 6.31. The normalized spacial score (nSPS) is 29.1. The van der Waals surface area contributed by atoms with Gasteiger partial charge in [0.25, 0.3) is 0 Å². The van der Waals surface area contributed by atoms with Crippen molar-refractivity contribution in [2.45, 2.75) is 39.2 Å². The summed E-state index contributed by atoms with van der Waals surface area (Å²) in [5.41, 5.74) is 0.919. The van der Waals surface area contributed by atoms with Crippen LogP contribution in [0.1, 0.15) is 33.1 Å². The molecular formula is C14H19ClFN. The molecule has 0 radical (unpaired) electrons. The van der Waals surface area contributed by atoms with Gasteiger partial charge in [0.15, 0.2) is 0 Å². The van der Waals surface area contributed by atoms with E-state index in [1.807, 2.05) is 0 Å². The summed E-state index contributed by atoms with van der Waals surface area (Å²) in [5.74, 6) is 1.07. The molecule has 2 rings (SSSR count). The Bertz CT molecular complexity index is 394. The van der Waals surface area contributed by atoms with Crippen molar-refractivity contribution < 1.29 is 4.39 Å². The van der Waals surface area contributed by atoms with Crippen molar-refractivity contribution >= 4 is 17.3 Å². The third-order valence-electron chi connectivity index (χ3n) is 3.73. The van der Waals surface area contributed by atoms with Gasteiger partial charge in [-0.2, -0.15) is 0 Å². The van der Waals surface area contributed by atoms with Gasteiger partial charge < -0.3 is 5.32 Å². The molecule has 94 valence electrons. The SMILES string of the molecule is CC1CCC(C)C(Nc2ccc(F)c(Cl)c2)C1. The van der Waals surface area contributed by atoms with Crippen LogP contribution >= 0.6 is 11.6 Å². The van der Waals surface area contributed by atoms with Crippen LogP contribution in [-0.4, -0.2) is 6.04 Å². The van der Waals surface area contributed by atoms with Crippen LogP contribution in [0.4, 0.5) is 10.1 Å². The van der Waals surface area contributed by atoms with Gasteiger partial charge >= 0.3 is 0 Å². The Morgan fingerprint density at radius 2 is 2.06 bits per heavy atom. The molecule has 3 unspecified atom stereocenters. The minimum absolute atomic E-state index is 0.187. The number of nitrogens with one attached hydrogen (secondary N) is 1. The molecule has 1 aromatic carbocycles. The molecule has 1 aliphatic rings. The van der Waals surface area contributed by atoms with E-state index in [2.05, 4.69) is 19.2 Å². The Kier molecular flexibility index (Phi) is 3.93. The van der Waals surface area contributed by atoms with Crippen molar-refractivity contribution in [3.8, 4) is 0 Å². The van der Waals surface area contributed by atoms with Gasteiger partial charge in [0.2, 0.25) is 0 Å². The fourth-order valence-electron chi connectivity index (χ4n) is 2.53. The number of hydrogen-bond acceptors (Lipinski definition) is 1. The van der Waals surface area contributed by atoms with Crippen molar-refractivity contribution in [3.63, 3.8) is 0 Å². The quantitative estimate of drug-likeness (QED) is 0.807. The van der Waals surface area contributed by atoms with Gasteiger partial charge in [-0.15, -0.1) is 0 Å². The zero-order valence-electron chi connectivity index (χ0n) is 10.3. The van der Waals surface area contributed by atoms with E-state index < -0.39 is 0 Å². The molecule has 0 spiro atoms. The molecule has 0 aromatic heterocycles. The summed E-state index contributed by atoms with van der Waals surface area (Å²) < 4.78 is 13.1. The average molecular weight is 256 g/mol. The molecule has 1 aromatic rings. The standard InChI is InChI=1S/C14H19ClFN/c1-9-3-4-10(2)14(7-9)17-11-5-6-13(16)12(15)8-11/h5-6,8-10,14,17H,3-4,7H2,1-2H3. The van der Waals surface area contributed by atoms with E-state index in [0.29, 0.717) is 12.0 Å². The van der Waals surface area contributed by atoms with Gasteiger partial charge in [0, 0.05) is 11.7 Å². The van der Waals surface area contributed by atoms with E-state index >= 15 is 0 Å². The van der Waals surface area contributed by atoms with Gasteiger partial charge in [0.1, 0.15) is 5.82 Å². The highest BCUT2D eigenvalue weighted by atomic mass is 35.5. The first-order valence-electron chi connectivity index (χ1n) is 6.28. The first-order chi connectivity index (χ1) is 8.06. The molecule has 17 heavy (non-hydrogen) atoms. The van der Waals surface area contributed by atoms with Crippen LogP contribution in [0.25, 0.3) is 0 Å². The van der Waals surface area contributed by atoms with Crippen LogP contribution < -0.4 is 5.32 Å². The molecule has 0 bridgehead atoms. The topological polar surface area (TPSA) is 12.0 Å². The summed E-state index contributed by atoms with van der Waals surface area (Å²) in [4.78, 5) is 0. The summed E-state index contributed by atoms with van der Waals surface area (Å²) in [6, 6.07) is 5.32. The predicted octanol–water partition coefficient (Wildman–Crippen LogP) is 4.72. The van der Waals surface area contributed by atoms with E-state index in [9.17, 15) is 4.39 Å². The second-order valence-electron chi connectivity index (χ2n) is 5.28. The van der Waals surface area contributed by atoms with Crippen LogP contribution in [-0.2, 0) is 0 Å². The lowest BCUT2D eigenvalue weighted by Crippen LogP contribution is -2.33. The molecule has 1 fully saturated rings. The fourth-order valence-corrected chi connectivity index (χ4v) is 2.71. The van der Waals surface area contributed by atoms with Gasteiger partial charge in [-0.3, -0.25) is 0 Å². The van der Waals surface area contributed by atoms with Crippen LogP contribution in [0, 0.1) is 17.7 Å². The first kappa shape index (κ1) is 12.7. The van der Waals surface area contributed by atoms with Crippen LogP contribution in [0.15, 0.2) is 18.2 Å². The Morgan fingerprint density at radius 1 is 1.29 bits per heavy atom. The molecule has 0 aliphatic heterocycles. The third kappa shape index (κ3) is 3.12. The van der Waals surface area contributed by atoms with Crippen molar-refractivity contribution in [2.24, 2.45) is 11.8 Å². The second-order valence-corrected chi connectivity index (χ2v) is 5.68. The van der Waals surface area contributed by atoms with E-state index in [1.54, 1.807) is 12.1 Å². The molecule has 0 amide bonds. The van der Waals surface area contributed by atoms with Gasteiger partial charge in [-0.05, 0) is 42.9 Å². The van der Waals surface area contributed by atoms with Crippen LogP contribution in [0.5, 0.6) is 0 Å². The number of anilines is 1. The maximum atomic E-state index is 13.1.